The normalized spacial score (nSPS) is 11.0. The van der Waals surface area contributed by atoms with Gasteiger partial charge in [0.25, 0.3) is 0 Å². The number of nitrogens with zero attached hydrogens (tertiary/aromatic N) is 1. The van der Waals surface area contributed by atoms with Gasteiger partial charge in [-0.05, 0) is 13.8 Å². The molecule has 0 radical (unpaired) electrons. The Morgan fingerprint density at radius 3 is 2.05 bits per heavy atom. The molecule has 118 valence electrons. The van der Waals surface area contributed by atoms with Crippen molar-refractivity contribution < 1.29 is 14.3 Å². The van der Waals surface area contributed by atoms with Crippen LogP contribution < -0.4 is 0 Å². The van der Waals surface area contributed by atoms with Crippen LogP contribution in [0.3, 0.4) is 0 Å². The molecule has 0 saturated heterocycles. The number of ether oxygens (including phenoxy) is 2. The smallest absolute Gasteiger partial charge is 0.164 e. The lowest BCUT2D eigenvalue weighted by Gasteiger charge is -2.21. The Kier molecular flexibility index (Phi) is 9.70. The first-order chi connectivity index (χ1) is 10.3. The standard InChI is InChI=1S/C17H27NO3/c1-3-20-14-12-18(13-15-21-4-2)11-10-17(19)16-8-6-5-7-9-16/h5-9H,3-4,10-15H2,1-2H3. The summed E-state index contributed by atoms with van der Waals surface area (Å²) in [7, 11) is 0. The lowest BCUT2D eigenvalue weighted by molar-refractivity contribution is 0.0776. The van der Waals surface area contributed by atoms with E-state index in [0.29, 0.717) is 19.6 Å². The van der Waals surface area contributed by atoms with Crippen molar-refractivity contribution in [1.82, 2.24) is 4.90 Å². The van der Waals surface area contributed by atoms with Crippen LogP contribution in [-0.4, -0.2) is 56.7 Å². The molecule has 0 aliphatic heterocycles. The molecular formula is C17H27NO3. The van der Waals surface area contributed by atoms with Crippen LogP contribution >= 0.6 is 0 Å². The minimum atomic E-state index is 0.188. The summed E-state index contributed by atoms with van der Waals surface area (Å²) in [6, 6.07) is 9.46. The van der Waals surface area contributed by atoms with Gasteiger partial charge in [0.05, 0.1) is 13.2 Å². The zero-order valence-corrected chi connectivity index (χ0v) is 13.2. The average molecular weight is 293 g/mol. The van der Waals surface area contributed by atoms with E-state index >= 15 is 0 Å². The fraction of sp³-hybridized carbons (Fsp3) is 0.588. The highest BCUT2D eigenvalue weighted by molar-refractivity contribution is 5.96. The molecule has 0 N–H and O–H groups in total. The first-order valence-electron chi connectivity index (χ1n) is 7.74. The lowest BCUT2D eigenvalue weighted by Crippen LogP contribution is -2.33. The predicted octanol–water partition coefficient (Wildman–Crippen LogP) is 2.63. The van der Waals surface area contributed by atoms with Gasteiger partial charge in [-0.1, -0.05) is 30.3 Å². The van der Waals surface area contributed by atoms with E-state index in [-0.39, 0.29) is 5.78 Å². The van der Waals surface area contributed by atoms with Gasteiger partial charge in [0, 0.05) is 44.8 Å². The zero-order chi connectivity index (χ0) is 15.3. The Hall–Kier alpha value is -1.23. The van der Waals surface area contributed by atoms with Crippen molar-refractivity contribution in [3.8, 4) is 0 Å². The van der Waals surface area contributed by atoms with Crippen molar-refractivity contribution in [2.45, 2.75) is 20.3 Å². The van der Waals surface area contributed by atoms with Crippen molar-refractivity contribution in [2.75, 3.05) is 46.1 Å². The highest BCUT2D eigenvalue weighted by atomic mass is 16.5. The molecule has 0 heterocycles. The highest BCUT2D eigenvalue weighted by Crippen LogP contribution is 2.04. The van der Waals surface area contributed by atoms with E-state index in [9.17, 15) is 4.79 Å². The zero-order valence-electron chi connectivity index (χ0n) is 13.2. The molecule has 4 nitrogen and oxygen atoms in total. The number of ketones is 1. The van der Waals surface area contributed by atoms with Crippen molar-refractivity contribution in [2.24, 2.45) is 0 Å². The molecular weight excluding hydrogens is 266 g/mol. The van der Waals surface area contributed by atoms with E-state index in [1.54, 1.807) is 0 Å². The molecule has 1 aromatic rings. The fourth-order valence-corrected chi connectivity index (χ4v) is 2.04. The number of hydrogen-bond acceptors (Lipinski definition) is 4. The summed E-state index contributed by atoms with van der Waals surface area (Å²) < 4.78 is 10.8. The highest BCUT2D eigenvalue weighted by Gasteiger charge is 2.10. The second kappa shape index (κ2) is 11.4. The molecule has 4 heteroatoms. The van der Waals surface area contributed by atoms with E-state index in [4.69, 9.17) is 9.47 Å². The minimum absolute atomic E-state index is 0.188. The van der Waals surface area contributed by atoms with Crippen molar-refractivity contribution in [1.29, 1.82) is 0 Å². The Morgan fingerprint density at radius 1 is 0.952 bits per heavy atom. The second-order valence-electron chi connectivity index (χ2n) is 4.77. The van der Waals surface area contributed by atoms with Gasteiger partial charge in [0.1, 0.15) is 0 Å². The Balaban J connectivity index is 2.37. The van der Waals surface area contributed by atoms with Crippen molar-refractivity contribution in [3.05, 3.63) is 35.9 Å². The Morgan fingerprint density at radius 2 is 1.52 bits per heavy atom. The fourth-order valence-electron chi connectivity index (χ4n) is 2.04. The third-order valence-corrected chi connectivity index (χ3v) is 3.26. The summed E-state index contributed by atoms with van der Waals surface area (Å²) in [5, 5.41) is 0. The molecule has 1 aromatic carbocycles. The summed E-state index contributed by atoms with van der Waals surface area (Å²) in [4.78, 5) is 14.3. The maximum atomic E-state index is 12.1. The van der Waals surface area contributed by atoms with Crippen LogP contribution in [0.25, 0.3) is 0 Å². The largest absolute Gasteiger partial charge is 0.380 e. The molecule has 0 amide bonds. The summed E-state index contributed by atoms with van der Waals surface area (Å²) in [5.74, 6) is 0.188. The van der Waals surface area contributed by atoms with Gasteiger partial charge in [-0.25, -0.2) is 0 Å². The van der Waals surface area contributed by atoms with Crippen LogP contribution in [0.15, 0.2) is 30.3 Å². The van der Waals surface area contributed by atoms with Gasteiger partial charge >= 0.3 is 0 Å². The van der Waals surface area contributed by atoms with Crippen LogP contribution in [0.4, 0.5) is 0 Å². The number of hydrogen-bond donors (Lipinski definition) is 0. The van der Waals surface area contributed by atoms with Gasteiger partial charge in [-0.3, -0.25) is 9.69 Å². The number of carbonyl (C=O) groups excluding carboxylic acids is 1. The first kappa shape index (κ1) is 17.8. The summed E-state index contributed by atoms with van der Waals surface area (Å²) in [5.41, 5.74) is 0.784. The molecule has 0 bridgehead atoms. The molecule has 0 aliphatic rings. The third-order valence-electron chi connectivity index (χ3n) is 3.26. The Bertz CT molecular complexity index is 371. The average Bonchev–Trinajstić information content (AvgIpc) is 2.53. The molecule has 21 heavy (non-hydrogen) atoms. The van der Waals surface area contributed by atoms with Crippen molar-refractivity contribution in [3.63, 3.8) is 0 Å². The topological polar surface area (TPSA) is 38.8 Å². The SMILES string of the molecule is CCOCCN(CCOCC)CCC(=O)c1ccccc1. The number of rotatable bonds is 12. The van der Waals surface area contributed by atoms with Crippen LogP contribution in [0.1, 0.15) is 30.6 Å². The van der Waals surface area contributed by atoms with Gasteiger partial charge < -0.3 is 9.47 Å². The van der Waals surface area contributed by atoms with Gasteiger partial charge in [0.15, 0.2) is 5.78 Å². The molecule has 0 atom stereocenters. The van der Waals surface area contributed by atoms with Gasteiger partial charge in [-0.2, -0.15) is 0 Å². The molecule has 0 spiro atoms. The summed E-state index contributed by atoms with van der Waals surface area (Å²) >= 11 is 0. The quantitative estimate of drug-likeness (QED) is 0.439. The van der Waals surface area contributed by atoms with E-state index < -0.39 is 0 Å². The maximum Gasteiger partial charge on any atom is 0.164 e. The van der Waals surface area contributed by atoms with E-state index in [1.165, 1.54) is 0 Å². The van der Waals surface area contributed by atoms with Crippen LogP contribution in [0.2, 0.25) is 0 Å². The second-order valence-corrected chi connectivity index (χ2v) is 4.77. The summed E-state index contributed by atoms with van der Waals surface area (Å²) in [6.45, 7) is 9.24. The van der Waals surface area contributed by atoms with Crippen molar-refractivity contribution >= 4 is 5.78 Å². The molecule has 0 saturated carbocycles. The van der Waals surface area contributed by atoms with Crippen LogP contribution in [0, 0.1) is 0 Å². The predicted molar refractivity (Wildman–Crippen MR) is 84.8 cm³/mol. The van der Waals surface area contributed by atoms with E-state index in [2.05, 4.69) is 4.90 Å². The third kappa shape index (κ3) is 7.95. The molecule has 0 aromatic heterocycles. The lowest BCUT2D eigenvalue weighted by atomic mass is 10.1. The van der Waals surface area contributed by atoms with Crippen LogP contribution in [0.5, 0.6) is 0 Å². The minimum Gasteiger partial charge on any atom is -0.380 e. The molecule has 1 rings (SSSR count). The first-order valence-corrected chi connectivity index (χ1v) is 7.74. The summed E-state index contributed by atoms with van der Waals surface area (Å²) in [6.07, 6.45) is 0.530. The Labute approximate surface area is 128 Å². The molecule has 0 fully saturated rings. The molecule has 0 unspecified atom stereocenters. The molecule has 0 aliphatic carbocycles. The monoisotopic (exact) mass is 293 g/mol. The number of benzene rings is 1. The number of carbonyl (C=O) groups is 1. The van der Waals surface area contributed by atoms with Gasteiger partial charge in [0.2, 0.25) is 0 Å². The van der Waals surface area contributed by atoms with Crippen LogP contribution in [-0.2, 0) is 9.47 Å². The van der Waals surface area contributed by atoms with E-state index in [0.717, 1.165) is 38.4 Å². The number of Topliss-reactive ketones (excluding diaryl/α,β-unsaturated/α-hetero) is 1. The maximum absolute atomic E-state index is 12.1. The van der Waals surface area contributed by atoms with E-state index in [1.807, 2.05) is 44.2 Å². The van der Waals surface area contributed by atoms with Gasteiger partial charge in [-0.15, -0.1) is 0 Å².